The summed E-state index contributed by atoms with van der Waals surface area (Å²) in [6, 6.07) is 15.6. The van der Waals surface area contributed by atoms with Gasteiger partial charge in [-0.1, -0.05) is 76.8 Å². The number of nitrogens with zero attached hydrogens (tertiary/aromatic N) is 1. The van der Waals surface area contributed by atoms with E-state index >= 15 is 0 Å². The first kappa shape index (κ1) is 16.5. The highest BCUT2D eigenvalue weighted by atomic mass is 28.3. The van der Waals surface area contributed by atoms with Gasteiger partial charge in [-0.15, -0.1) is 0 Å². The van der Waals surface area contributed by atoms with Crippen LogP contribution in [0, 0.1) is 19.2 Å². The summed E-state index contributed by atoms with van der Waals surface area (Å²) in [5.74, 6) is 0. The monoisotopic (exact) mass is 421 g/mol. The highest BCUT2D eigenvalue weighted by molar-refractivity contribution is 6.89. The molecule has 0 aliphatic carbocycles. The molecule has 0 amide bonds. The highest BCUT2D eigenvalue weighted by Gasteiger charge is 2.28. The molecule has 2 aromatic carbocycles. The van der Waals surface area contributed by atoms with Crippen LogP contribution in [0.4, 0.5) is 0 Å². The van der Waals surface area contributed by atoms with E-state index in [-0.39, 0.29) is 0 Å². The van der Waals surface area contributed by atoms with Gasteiger partial charge in [-0.25, -0.2) is 4.57 Å². The van der Waals surface area contributed by atoms with E-state index < -0.39 is 26.7 Å². The van der Waals surface area contributed by atoms with Crippen LogP contribution in [0.2, 0.25) is 19.6 Å². The fourth-order valence-corrected chi connectivity index (χ4v) is 5.39. The second-order valence-corrected chi connectivity index (χ2v) is 15.3. The summed E-state index contributed by atoms with van der Waals surface area (Å²) in [7, 11) is 0.0165. The highest BCUT2D eigenvalue weighted by Crippen LogP contribution is 2.31. The van der Waals surface area contributed by atoms with Gasteiger partial charge in [0, 0.05) is 24.0 Å². The number of benzene rings is 2. The van der Waals surface area contributed by atoms with Crippen molar-refractivity contribution in [3.05, 3.63) is 71.4 Å². The lowest BCUT2D eigenvalue weighted by Crippen LogP contribution is -2.45. The minimum absolute atomic E-state index is 0.346. The summed E-state index contributed by atoms with van der Waals surface area (Å²) in [6.45, 7) is 12.3. The molecule has 0 bridgehead atoms. The van der Waals surface area contributed by atoms with Crippen LogP contribution >= 0.6 is 0 Å². The normalized spacial score (nSPS) is 15.7. The maximum atomic E-state index is 9.01. The Bertz CT molecular complexity index is 1230. The smallest absolute Gasteiger partial charge is 0.201 e. The average Bonchev–Trinajstić information content (AvgIpc) is 2.72. The Morgan fingerprint density at radius 1 is 0.967 bits per heavy atom. The van der Waals surface area contributed by atoms with Crippen LogP contribution in [-0.2, 0) is 13.4 Å². The van der Waals surface area contributed by atoms with E-state index in [4.69, 9.17) is 6.85 Å². The summed E-state index contributed by atoms with van der Waals surface area (Å²) in [4.78, 5) is 0. The van der Waals surface area contributed by atoms with Crippen molar-refractivity contribution in [3.63, 3.8) is 0 Å². The van der Waals surface area contributed by atoms with Crippen LogP contribution in [0.3, 0.4) is 0 Å². The van der Waals surface area contributed by atoms with Gasteiger partial charge in [0.15, 0.2) is 6.20 Å². The van der Waals surface area contributed by atoms with Gasteiger partial charge in [-0.3, -0.25) is 0 Å². The molecule has 0 saturated heterocycles. The molecule has 0 saturated carbocycles. The first-order valence-corrected chi connectivity index (χ1v) is 14.1. The maximum absolute atomic E-state index is 9.01. The predicted molar refractivity (Wildman–Crippen MR) is 134 cm³/mol. The fraction of sp³-hybridized carbons (Fsp3) is 0.393. The molecule has 0 aliphatic heterocycles. The van der Waals surface area contributed by atoms with Crippen molar-refractivity contribution in [1.29, 1.82) is 0 Å². The van der Waals surface area contributed by atoms with Gasteiger partial charge in [0.25, 0.3) is 0 Å². The van der Waals surface area contributed by atoms with E-state index in [1.165, 1.54) is 0 Å². The Hall–Kier alpha value is -2.19. The molecule has 0 N–H and O–H groups in total. The first-order chi connectivity index (χ1) is 15.9. The Labute approximate surface area is 191 Å². The summed E-state index contributed by atoms with van der Waals surface area (Å²) in [5.41, 5.74) is 4.91. The lowest BCUT2D eigenvalue weighted by molar-refractivity contribution is -0.660. The van der Waals surface area contributed by atoms with Gasteiger partial charge in [-0.2, -0.15) is 0 Å². The third-order valence-corrected chi connectivity index (χ3v) is 7.35. The van der Waals surface area contributed by atoms with Crippen LogP contribution in [0.5, 0.6) is 0 Å². The number of aromatic nitrogens is 1. The van der Waals surface area contributed by atoms with Crippen molar-refractivity contribution in [2.45, 2.75) is 60.6 Å². The van der Waals surface area contributed by atoms with E-state index in [0.29, 0.717) is 11.1 Å². The summed E-state index contributed by atoms with van der Waals surface area (Å²) >= 11 is 0. The van der Waals surface area contributed by atoms with E-state index in [1.807, 2.05) is 81.9 Å². The molecule has 158 valence electrons. The molecule has 1 nitrogen and oxygen atoms in total. The van der Waals surface area contributed by atoms with Crippen LogP contribution in [-0.4, -0.2) is 8.07 Å². The molecule has 0 aliphatic rings. The van der Waals surface area contributed by atoms with Crippen molar-refractivity contribution < 1.29 is 11.4 Å². The fourth-order valence-electron chi connectivity index (χ4n) is 3.88. The van der Waals surface area contributed by atoms with Gasteiger partial charge in [0.2, 0.25) is 5.69 Å². The zero-order valence-corrected chi connectivity index (χ0v) is 20.6. The topological polar surface area (TPSA) is 3.88 Å². The molecule has 30 heavy (non-hydrogen) atoms. The van der Waals surface area contributed by atoms with E-state index in [2.05, 4.69) is 25.7 Å². The largest absolute Gasteiger partial charge is 0.212 e. The number of hydrogen-bond donors (Lipinski definition) is 0. The van der Waals surface area contributed by atoms with Crippen LogP contribution in [0.1, 0.15) is 44.3 Å². The Morgan fingerprint density at radius 2 is 1.63 bits per heavy atom. The minimum atomic E-state index is -2.23. The zero-order chi connectivity index (χ0) is 26.6. The van der Waals surface area contributed by atoms with Gasteiger partial charge in [0.05, 0.1) is 8.07 Å². The number of hydrogen-bond acceptors (Lipinski definition) is 0. The molecule has 1 aromatic heterocycles. The lowest BCUT2D eigenvalue weighted by atomic mass is 9.88. The minimum Gasteiger partial charge on any atom is -0.201 e. The number of rotatable bonds is 4. The van der Waals surface area contributed by atoms with E-state index in [9.17, 15) is 0 Å². The molecule has 0 radical (unpaired) electrons. The summed E-state index contributed by atoms with van der Waals surface area (Å²) < 4.78 is 44.4. The van der Waals surface area contributed by atoms with Crippen molar-refractivity contribution in [1.82, 2.24) is 0 Å². The molecule has 2 heteroatoms. The second-order valence-electron chi connectivity index (χ2n) is 10.3. The third-order valence-electron chi connectivity index (χ3n) is 5.32. The predicted octanol–water partition coefficient (Wildman–Crippen LogP) is 6.60. The Balaban J connectivity index is 2.37. The van der Waals surface area contributed by atoms with Crippen molar-refractivity contribution >= 4 is 13.3 Å². The van der Waals surface area contributed by atoms with Gasteiger partial charge in [-0.05, 0) is 59.1 Å². The maximum Gasteiger partial charge on any atom is 0.212 e. The SMILES string of the molecule is [2H]C([2H])([2H])c1cc(C)c(-c2cc([Si](C)(C)C)c(C([2H])([2H])C(C)(C)C)c[n+]2C)cc1-c1ccccc1. The molecule has 0 atom stereocenters. The molecule has 3 rings (SSSR count). The number of pyridine rings is 1. The Kier molecular flexibility index (Phi) is 4.48. The van der Waals surface area contributed by atoms with Gasteiger partial charge < -0.3 is 0 Å². The first-order valence-electron chi connectivity index (χ1n) is 13.1. The van der Waals surface area contributed by atoms with Gasteiger partial charge >= 0.3 is 0 Å². The molecule has 0 fully saturated rings. The molecule has 0 unspecified atom stereocenters. The van der Waals surface area contributed by atoms with Gasteiger partial charge in [0.1, 0.15) is 7.05 Å². The summed E-state index contributed by atoms with van der Waals surface area (Å²) in [6.07, 6.45) is 0.446. The zero-order valence-electron chi connectivity index (χ0n) is 24.6. The summed E-state index contributed by atoms with van der Waals surface area (Å²) in [5, 5.41) is 1.09. The van der Waals surface area contributed by atoms with Crippen molar-refractivity contribution in [3.8, 4) is 22.4 Å². The molecule has 0 spiro atoms. The van der Waals surface area contributed by atoms with Crippen LogP contribution < -0.4 is 9.75 Å². The molecular formula is C28H38NSi+. The van der Waals surface area contributed by atoms with Crippen LogP contribution in [0.15, 0.2) is 54.7 Å². The molecule has 1 heterocycles. The second kappa shape index (κ2) is 8.15. The third kappa shape index (κ3) is 4.92. The quantitative estimate of drug-likeness (QED) is 0.330. The van der Waals surface area contributed by atoms with E-state index in [1.54, 1.807) is 6.07 Å². The van der Waals surface area contributed by atoms with Crippen molar-refractivity contribution in [2.75, 3.05) is 0 Å². The number of aryl methyl sites for hydroxylation is 3. The molecule has 3 aromatic rings. The standard InChI is InChI=1S/C28H38NSi/c1-20-15-21(2)25(16-24(20)22-13-11-10-12-14-22)26-17-27(30(7,8)9)23(19-29(26)6)18-28(3,4)5/h10-17,19H,18H2,1-9H3/q+1/i1D3,18D2. The van der Waals surface area contributed by atoms with Crippen molar-refractivity contribution in [2.24, 2.45) is 12.5 Å². The average molecular weight is 422 g/mol. The Morgan fingerprint density at radius 3 is 2.20 bits per heavy atom. The van der Waals surface area contributed by atoms with Crippen LogP contribution in [0.25, 0.3) is 22.4 Å². The van der Waals surface area contributed by atoms with E-state index in [0.717, 1.165) is 33.1 Å². The lowest BCUT2D eigenvalue weighted by Gasteiger charge is -2.25. The molecular weight excluding hydrogens is 378 g/mol.